The van der Waals surface area contributed by atoms with Crippen molar-refractivity contribution >= 4 is 0 Å². The first-order valence-electron chi connectivity index (χ1n) is 6.25. The number of nitrogens with one attached hydrogen (secondary N) is 1. The molecule has 0 saturated carbocycles. The number of rotatable bonds is 3. The van der Waals surface area contributed by atoms with Crippen molar-refractivity contribution in [2.24, 2.45) is 0 Å². The number of fused-ring (bicyclic) bond motifs is 1. The van der Waals surface area contributed by atoms with Crippen molar-refractivity contribution in [3.63, 3.8) is 0 Å². The van der Waals surface area contributed by atoms with Gasteiger partial charge in [0, 0.05) is 6.04 Å². The zero-order valence-electron chi connectivity index (χ0n) is 10.1. The lowest BCUT2D eigenvalue weighted by molar-refractivity contribution is 0.430. The molecule has 1 aliphatic carbocycles. The van der Waals surface area contributed by atoms with E-state index in [1.165, 1.54) is 17.5 Å². The SMILES string of the molecule is CCCNC1CCC(C)c2ccc(F)cc21. The Labute approximate surface area is 97.1 Å². The van der Waals surface area contributed by atoms with Gasteiger partial charge in [-0.15, -0.1) is 0 Å². The van der Waals surface area contributed by atoms with Crippen molar-refractivity contribution in [3.8, 4) is 0 Å². The minimum absolute atomic E-state index is 0.115. The third kappa shape index (κ3) is 2.27. The van der Waals surface area contributed by atoms with Gasteiger partial charge < -0.3 is 5.32 Å². The Balaban J connectivity index is 2.27. The fourth-order valence-corrected chi connectivity index (χ4v) is 2.55. The van der Waals surface area contributed by atoms with Crippen LogP contribution in [0.15, 0.2) is 18.2 Å². The van der Waals surface area contributed by atoms with Gasteiger partial charge in [0.2, 0.25) is 0 Å². The normalized spacial score (nSPS) is 24.2. The van der Waals surface area contributed by atoms with E-state index in [2.05, 4.69) is 19.2 Å². The van der Waals surface area contributed by atoms with E-state index in [0.29, 0.717) is 12.0 Å². The molecule has 0 heterocycles. The first-order chi connectivity index (χ1) is 7.72. The van der Waals surface area contributed by atoms with E-state index < -0.39 is 0 Å². The predicted molar refractivity (Wildman–Crippen MR) is 65.1 cm³/mol. The zero-order valence-corrected chi connectivity index (χ0v) is 10.1. The molecule has 1 aromatic carbocycles. The summed E-state index contributed by atoms with van der Waals surface area (Å²) in [4.78, 5) is 0. The minimum Gasteiger partial charge on any atom is -0.310 e. The van der Waals surface area contributed by atoms with Crippen LogP contribution in [0, 0.1) is 5.82 Å². The van der Waals surface area contributed by atoms with Crippen LogP contribution >= 0.6 is 0 Å². The smallest absolute Gasteiger partial charge is 0.123 e. The van der Waals surface area contributed by atoms with Gasteiger partial charge in [-0.3, -0.25) is 0 Å². The molecular weight excluding hydrogens is 201 g/mol. The van der Waals surface area contributed by atoms with E-state index in [4.69, 9.17) is 0 Å². The summed E-state index contributed by atoms with van der Waals surface area (Å²) in [6, 6.07) is 5.59. The van der Waals surface area contributed by atoms with Gasteiger partial charge in [0.15, 0.2) is 0 Å². The Bertz CT molecular complexity index is 362. The Hall–Kier alpha value is -0.890. The lowest BCUT2D eigenvalue weighted by Crippen LogP contribution is -2.27. The molecule has 2 heteroatoms. The van der Waals surface area contributed by atoms with E-state index >= 15 is 0 Å². The Morgan fingerprint density at radius 3 is 2.88 bits per heavy atom. The average Bonchev–Trinajstić information content (AvgIpc) is 2.28. The minimum atomic E-state index is -0.115. The lowest BCUT2D eigenvalue weighted by Gasteiger charge is -2.30. The molecule has 2 atom stereocenters. The van der Waals surface area contributed by atoms with Gasteiger partial charge in [0.05, 0.1) is 0 Å². The molecule has 1 aliphatic rings. The van der Waals surface area contributed by atoms with E-state index in [0.717, 1.165) is 19.4 Å². The van der Waals surface area contributed by atoms with Crippen LogP contribution in [0.3, 0.4) is 0 Å². The first kappa shape index (κ1) is 11.6. The monoisotopic (exact) mass is 221 g/mol. The molecule has 0 aliphatic heterocycles. The highest BCUT2D eigenvalue weighted by molar-refractivity contribution is 5.35. The van der Waals surface area contributed by atoms with Crippen LogP contribution in [-0.4, -0.2) is 6.54 Å². The van der Waals surface area contributed by atoms with Crippen molar-refractivity contribution in [1.29, 1.82) is 0 Å². The second-order valence-electron chi connectivity index (χ2n) is 4.76. The first-order valence-corrected chi connectivity index (χ1v) is 6.25. The van der Waals surface area contributed by atoms with E-state index in [9.17, 15) is 4.39 Å². The molecular formula is C14H20FN. The van der Waals surface area contributed by atoms with Crippen molar-refractivity contribution in [3.05, 3.63) is 35.1 Å². The van der Waals surface area contributed by atoms with Gasteiger partial charge in [-0.1, -0.05) is 19.9 Å². The lowest BCUT2D eigenvalue weighted by atomic mass is 9.81. The van der Waals surface area contributed by atoms with Crippen LogP contribution in [0.4, 0.5) is 4.39 Å². The number of halogens is 1. The number of hydrogen-bond acceptors (Lipinski definition) is 1. The van der Waals surface area contributed by atoms with Gasteiger partial charge >= 0.3 is 0 Å². The zero-order chi connectivity index (χ0) is 11.5. The maximum absolute atomic E-state index is 13.3. The molecule has 2 rings (SSSR count). The van der Waals surface area contributed by atoms with E-state index in [-0.39, 0.29) is 5.82 Å². The third-order valence-electron chi connectivity index (χ3n) is 3.48. The van der Waals surface area contributed by atoms with Crippen molar-refractivity contribution < 1.29 is 4.39 Å². The van der Waals surface area contributed by atoms with Gasteiger partial charge in [0.25, 0.3) is 0 Å². The molecule has 0 radical (unpaired) electrons. The molecule has 1 nitrogen and oxygen atoms in total. The second kappa shape index (κ2) is 4.96. The van der Waals surface area contributed by atoms with Crippen LogP contribution in [0.2, 0.25) is 0 Å². The summed E-state index contributed by atoms with van der Waals surface area (Å²) >= 11 is 0. The molecule has 1 aromatic rings. The standard InChI is InChI=1S/C14H20FN/c1-3-8-16-14-7-4-10(2)12-6-5-11(15)9-13(12)14/h5-6,9-10,14,16H,3-4,7-8H2,1-2H3. The summed E-state index contributed by atoms with van der Waals surface area (Å²) in [5.41, 5.74) is 2.49. The predicted octanol–water partition coefficient (Wildman–Crippen LogP) is 3.76. The number of benzene rings is 1. The summed E-state index contributed by atoms with van der Waals surface area (Å²) in [5.74, 6) is 0.450. The molecule has 0 saturated heterocycles. The van der Waals surface area contributed by atoms with E-state index in [1.807, 2.05) is 6.07 Å². The molecule has 88 valence electrons. The largest absolute Gasteiger partial charge is 0.310 e. The maximum Gasteiger partial charge on any atom is 0.123 e. The molecule has 16 heavy (non-hydrogen) atoms. The molecule has 0 aromatic heterocycles. The average molecular weight is 221 g/mol. The Morgan fingerprint density at radius 1 is 1.31 bits per heavy atom. The fourth-order valence-electron chi connectivity index (χ4n) is 2.55. The van der Waals surface area contributed by atoms with Gasteiger partial charge in [-0.2, -0.15) is 0 Å². The van der Waals surface area contributed by atoms with Crippen LogP contribution in [0.5, 0.6) is 0 Å². The highest BCUT2D eigenvalue weighted by atomic mass is 19.1. The number of hydrogen-bond donors (Lipinski definition) is 1. The van der Waals surface area contributed by atoms with Crippen molar-refractivity contribution in [2.45, 2.75) is 45.1 Å². The van der Waals surface area contributed by atoms with Gasteiger partial charge in [-0.05, 0) is 55.0 Å². The van der Waals surface area contributed by atoms with Crippen LogP contribution < -0.4 is 5.32 Å². The summed E-state index contributed by atoms with van der Waals surface area (Å²) in [7, 11) is 0. The van der Waals surface area contributed by atoms with Crippen molar-refractivity contribution in [1.82, 2.24) is 5.32 Å². The second-order valence-corrected chi connectivity index (χ2v) is 4.76. The Kier molecular flexibility index (Phi) is 3.59. The van der Waals surface area contributed by atoms with Crippen LogP contribution in [0.25, 0.3) is 0 Å². The van der Waals surface area contributed by atoms with Crippen LogP contribution in [0.1, 0.15) is 56.2 Å². The van der Waals surface area contributed by atoms with Crippen molar-refractivity contribution in [2.75, 3.05) is 6.54 Å². The van der Waals surface area contributed by atoms with E-state index in [1.54, 1.807) is 12.1 Å². The summed E-state index contributed by atoms with van der Waals surface area (Å²) in [6.45, 7) is 5.40. The van der Waals surface area contributed by atoms with Gasteiger partial charge in [0.1, 0.15) is 5.82 Å². The molecule has 0 bridgehead atoms. The Morgan fingerprint density at radius 2 is 2.12 bits per heavy atom. The molecule has 0 amide bonds. The molecule has 1 N–H and O–H groups in total. The molecule has 2 unspecified atom stereocenters. The third-order valence-corrected chi connectivity index (χ3v) is 3.48. The maximum atomic E-state index is 13.3. The molecule has 0 fully saturated rings. The summed E-state index contributed by atoms with van der Waals surface area (Å²) in [5, 5.41) is 3.51. The summed E-state index contributed by atoms with van der Waals surface area (Å²) < 4.78 is 13.3. The molecule has 0 spiro atoms. The van der Waals surface area contributed by atoms with Crippen LogP contribution in [-0.2, 0) is 0 Å². The fraction of sp³-hybridized carbons (Fsp3) is 0.571. The highest BCUT2D eigenvalue weighted by Gasteiger charge is 2.24. The summed E-state index contributed by atoms with van der Waals surface area (Å²) in [6.07, 6.45) is 3.44. The van der Waals surface area contributed by atoms with Gasteiger partial charge in [-0.25, -0.2) is 4.39 Å². The quantitative estimate of drug-likeness (QED) is 0.819. The highest BCUT2D eigenvalue weighted by Crippen LogP contribution is 2.37. The topological polar surface area (TPSA) is 12.0 Å².